The fraction of sp³-hybridized carbons (Fsp3) is 0.471. The lowest BCUT2D eigenvalue weighted by Crippen LogP contribution is -2.43. The second kappa shape index (κ2) is 6.16. The number of aryl methyl sites for hydroxylation is 1. The predicted octanol–water partition coefficient (Wildman–Crippen LogP) is 5.03. The summed E-state index contributed by atoms with van der Waals surface area (Å²) < 4.78 is 8.19. The van der Waals surface area contributed by atoms with Gasteiger partial charge in [-0.25, -0.2) is 0 Å². The molecule has 2 rings (SSSR count). The number of hydrogen-bond acceptors (Lipinski definition) is 3. The number of nitrogens with zero attached hydrogens (tertiary/aromatic N) is 2. The van der Waals surface area contributed by atoms with Crippen LogP contribution in [0.25, 0.3) is 0 Å². The molecule has 0 spiro atoms. The molecule has 2 aromatic rings. The molecule has 1 aromatic carbocycles. The average Bonchev–Trinajstić information content (AvgIpc) is 2.87. The van der Waals surface area contributed by atoms with E-state index in [9.17, 15) is 0 Å². The SMILES string of the molecule is CCn1cc(Nc2ccc(O[Si](C)(C)C(C)(C)C)cc2)cn1. The molecule has 0 aliphatic rings. The molecule has 120 valence electrons. The summed E-state index contributed by atoms with van der Waals surface area (Å²) in [6.07, 6.45) is 3.84. The highest BCUT2D eigenvalue weighted by atomic mass is 28.4. The Balaban J connectivity index is 2.04. The third kappa shape index (κ3) is 3.91. The molecule has 1 aromatic heterocycles. The molecule has 0 atom stereocenters. The highest BCUT2D eigenvalue weighted by molar-refractivity contribution is 6.74. The summed E-state index contributed by atoms with van der Waals surface area (Å²) in [5, 5.41) is 7.82. The van der Waals surface area contributed by atoms with E-state index in [1.807, 2.05) is 41.3 Å². The van der Waals surface area contributed by atoms with Gasteiger partial charge in [0.2, 0.25) is 8.32 Å². The van der Waals surface area contributed by atoms with E-state index >= 15 is 0 Å². The molecule has 5 heteroatoms. The van der Waals surface area contributed by atoms with E-state index in [1.165, 1.54) is 0 Å². The molecule has 0 bridgehead atoms. The van der Waals surface area contributed by atoms with Crippen molar-refractivity contribution in [3.63, 3.8) is 0 Å². The molecule has 0 saturated heterocycles. The van der Waals surface area contributed by atoms with Crippen LogP contribution < -0.4 is 9.74 Å². The van der Waals surface area contributed by atoms with Crippen LogP contribution in [-0.4, -0.2) is 18.1 Å². The van der Waals surface area contributed by atoms with Crippen LogP contribution in [0.2, 0.25) is 18.1 Å². The molecule has 0 aliphatic carbocycles. The maximum absolute atomic E-state index is 6.29. The molecular formula is C17H27N3OSi. The van der Waals surface area contributed by atoms with Crippen molar-refractivity contribution < 1.29 is 4.43 Å². The predicted molar refractivity (Wildman–Crippen MR) is 95.5 cm³/mol. The Morgan fingerprint density at radius 1 is 1.14 bits per heavy atom. The molecule has 0 saturated carbocycles. The molecule has 0 radical (unpaired) electrons. The molecule has 4 nitrogen and oxygen atoms in total. The van der Waals surface area contributed by atoms with Gasteiger partial charge in [-0.2, -0.15) is 5.10 Å². The Hall–Kier alpha value is -1.75. The molecule has 0 amide bonds. The quantitative estimate of drug-likeness (QED) is 0.786. The first-order valence-corrected chi connectivity index (χ1v) is 10.7. The van der Waals surface area contributed by atoms with Gasteiger partial charge in [0.15, 0.2) is 0 Å². The maximum Gasteiger partial charge on any atom is 0.250 e. The van der Waals surface area contributed by atoms with E-state index in [0.29, 0.717) is 0 Å². The third-order valence-electron chi connectivity index (χ3n) is 4.28. The van der Waals surface area contributed by atoms with E-state index in [-0.39, 0.29) is 5.04 Å². The zero-order chi connectivity index (χ0) is 16.4. The van der Waals surface area contributed by atoms with Crippen molar-refractivity contribution in [1.82, 2.24) is 9.78 Å². The molecular weight excluding hydrogens is 290 g/mol. The molecule has 22 heavy (non-hydrogen) atoms. The largest absolute Gasteiger partial charge is 0.544 e. The second-order valence-corrected chi connectivity index (χ2v) is 11.8. The standard InChI is InChI=1S/C17H27N3OSi/c1-7-20-13-15(12-18-20)19-14-8-10-16(11-9-14)21-22(5,6)17(2,3)4/h8-13,19H,7H2,1-6H3. The highest BCUT2D eigenvalue weighted by Gasteiger charge is 2.38. The van der Waals surface area contributed by atoms with Crippen LogP contribution in [-0.2, 0) is 6.54 Å². The Kier molecular flexibility index (Phi) is 4.65. The molecule has 0 fully saturated rings. The van der Waals surface area contributed by atoms with Crippen LogP contribution in [0.5, 0.6) is 5.75 Å². The molecule has 0 aliphatic heterocycles. The second-order valence-electron chi connectivity index (χ2n) is 7.10. The maximum atomic E-state index is 6.29. The summed E-state index contributed by atoms with van der Waals surface area (Å²) in [4.78, 5) is 0. The first-order chi connectivity index (χ1) is 10.2. The number of nitrogens with one attached hydrogen (secondary N) is 1. The van der Waals surface area contributed by atoms with Crippen molar-refractivity contribution >= 4 is 19.7 Å². The van der Waals surface area contributed by atoms with Crippen LogP contribution in [0.15, 0.2) is 36.7 Å². The summed E-state index contributed by atoms with van der Waals surface area (Å²) in [7, 11) is -1.77. The van der Waals surface area contributed by atoms with Gasteiger partial charge in [0.1, 0.15) is 5.75 Å². The van der Waals surface area contributed by atoms with Crippen LogP contribution in [0.3, 0.4) is 0 Å². The van der Waals surface area contributed by atoms with Gasteiger partial charge in [-0.15, -0.1) is 0 Å². The van der Waals surface area contributed by atoms with E-state index in [2.05, 4.69) is 51.2 Å². The van der Waals surface area contributed by atoms with Gasteiger partial charge >= 0.3 is 0 Å². The number of benzene rings is 1. The van der Waals surface area contributed by atoms with Gasteiger partial charge < -0.3 is 9.74 Å². The minimum Gasteiger partial charge on any atom is -0.544 e. The number of anilines is 2. The van der Waals surface area contributed by atoms with Gasteiger partial charge in [0.05, 0.1) is 11.9 Å². The van der Waals surface area contributed by atoms with Gasteiger partial charge in [-0.1, -0.05) is 20.8 Å². The molecule has 1 N–H and O–H groups in total. The summed E-state index contributed by atoms with van der Waals surface area (Å²) in [5.41, 5.74) is 2.04. The minimum atomic E-state index is -1.77. The van der Waals surface area contributed by atoms with Crippen molar-refractivity contribution in [1.29, 1.82) is 0 Å². The van der Waals surface area contributed by atoms with E-state index in [4.69, 9.17) is 4.43 Å². The van der Waals surface area contributed by atoms with Gasteiger partial charge in [-0.05, 0) is 49.3 Å². The zero-order valence-electron chi connectivity index (χ0n) is 14.5. The normalized spacial score (nSPS) is 12.3. The van der Waals surface area contributed by atoms with Crippen LogP contribution in [0.1, 0.15) is 27.7 Å². The zero-order valence-corrected chi connectivity index (χ0v) is 15.5. The first kappa shape index (κ1) is 16.6. The van der Waals surface area contributed by atoms with E-state index in [0.717, 1.165) is 23.7 Å². The fourth-order valence-electron chi connectivity index (χ4n) is 1.82. The number of rotatable bonds is 5. The van der Waals surface area contributed by atoms with Crippen molar-refractivity contribution in [3.05, 3.63) is 36.7 Å². The Morgan fingerprint density at radius 3 is 2.27 bits per heavy atom. The van der Waals surface area contributed by atoms with Crippen molar-refractivity contribution in [2.75, 3.05) is 5.32 Å². The fourth-order valence-corrected chi connectivity index (χ4v) is 2.85. The third-order valence-corrected chi connectivity index (χ3v) is 8.64. The van der Waals surface area contributed by atoms with Crippen LogP contribution in [0, 0.1) is 0 Å². The lowest BCUT2D eigenvalue weighted by atomic mass is 10.2. The van der Waals surface area contributed by atoms with Crippen molar-refractivity contribution in [3.8, 4) is 5.75 Å². The smallest absolute Gasteiger partial charge is 0.250 e. The Bertz CT molecular complexity index is 612. The van der Waals surface area contributed by atoms with Gasteiger partial charge in [0, 0.05) is 18.4 Å². The minimum absolute atomic E-state index is 0.207. The summed E-state index contributed by atoms with van der Waals surface area (Å²) >= 11 is 0. The van der Waals surface area contributed by atoms with Gasteiger partial charge in [-0.3, -0.25) is 4.68 Å². The summed E-state index contributed by atoms with van der Waals surface area (Å²) in [5.74, 6) is 0.946. The topological polar surface area (TPSA) is 39.1 Å². The Morgan fingerprint density at radius 2 is 1.77 bits per heavy atom. The van der Waals surface area contributed by atoms with E-state index in [1.54, 1.807) is 0 Å². The monoisotopic (exact) mass is 317 g/mol. The van der Waals surface area contributed by atoms with Crippen LogP contribution in [0.4, 0.5) is 11.4 Å². The Labute approximate surface area is 134 Å². The average molecular weight is 318 g/mol. The van der Waals surface area contributed by atoms with Crippen molar-refractivity contribution in [2.24, 2.45) is 0 Å². The van der Waals surface area contributed by atoms with E-state index < -0.39 is 8.32 Å². The summed E-state index contributed by atoms with van der Waals surface area (Å²) in [6, 6.07) is 8.16. The summed E-state index contributed by atoms with van der Waals surface area (Å²) in [6.45, 7) is 14.2. The highest BCUT2D eigenvalue weighted by Crippen LogP contribution is 2.37. The number of hydrogen-bond donors (Lipinski definition) is 1. The lowest BCUT2D eigenvalue weighted by molar-refractivity contribution is 0.492. The number of aromatic nitrogens is 2. The van der Waals surface area contributed by atoms with Crippen molar-refractivity contribution in [2.45, 2.75) is 52.4 Å². The molecule has 0 unspecified atom stereocenters. The van der Waals surface area contributed by atoms with Gasteiger partial charge in [0.25, 0.3) is 0 Å². The van der Waals surface area contributed by atoms with Crippen LogP contribution >= 0.6 is 0 Å². The molecule has 1 heterocycles. The first-order valence-electron chi connectivity index (χ1n) is 7.80. The lowest BCUT2D eigenvalue weighted by Gasteiger charge is -2.36.